The Kier molecular flexibility index (Phi) is 6.18. The van der Waals surface area contributed by atoms with Crippen LogP contribution in [0.15, 0.2) is 24.3 Å². The zero-order valence-corrected chi connectivity index (χ0v) is 13.4. The van der Waals surface area contributed by atoms with Crippen molar-refractivity contribution in [3.8, 4) is 0 Å². The zero-order valence-electron chi connectivity index (χ0n) is 13.4. The fourth-order valence-electron chi connectivity index (χ4n) is 1.83. The Morgan fingerprint density at radius 3 is 1.96 bits per heavy atom. The van der Waals surface area contributed by atoms with Crippen molar-refractivity contribution in [1.29, 1.82) is 0 Å². The molecule has 0 radical (unpaired) electrons. The summed E-state index contributed by atoms with van der Waals surface area (Å²) in [5, 5.41) is 5.21. The Bertz CT molecular complexity index is 546. The third-order valence-corrected chi connectivity index (χ3v) is 2.90. The van der Waals surface area contributed by atoms with Gasteiger partial charge in [-0.1, -0.05) is 20.8 Å². The van der Waals surface area contributed by atoms with Gasteiger partial charge >= 0.3 is 6.18 Å². The molecule has 128 valence electrons. The molecule has 1 aromatic carbocycles. The first-order chi connectivity index (χ1) is 10.5. The molecular weight excluding hydrogens is 309 g/mol. The second kappa shape index (κ2) is 7.48. The van der Waals surface area contributed by atoms with Crippen molar-refractivity contribution in [2.45, 2.75) is 33.4 Å². The molecule has 23 heavy (non-hydrogen) atoms. The van der Waals surface area contributed by atoms with Gasteiger partial charge in [0.05, 0.1) is 5.56 Å². The van der Waals surface area contributed by atoms with E-state index in [9.17, 15) is 22.8 Å². The van der Waals surface area contributed by atoms with Gasteiger partial charge in [0.2, 0.25) is 5.91 Å². The van der Waals surface area contributed by atoms with Crippen LogP contribution in [0.1, 0.15) is 43.1 Å². The molecular formula is C16H21F3N2O2. The molecule has 1 rings (SSSR count). The molecule has 0 aliphatic rings. The van der Waals surface area contributed by atoms with Gasteiger partial charge in [-0.05, 0) is 29.7 Å². The van der Waals surface area contributed by atoms with E-state index in [0.29, 0.717) is 6.42 Å². The summed E-state index contributed by atoms with van der Waals surface area (Å²) in [5.41, 5.74) is -0.782. The Balaban J connectivity index is 2.39. The SMILES string of the molecule is CC(C)(C)CC(=O)NCCNC(=O)c1ccc(C(F)(F)F)cc1. The highest BCUT2D eigenvalue weighted by Gasteiger charge is 2.30. The minimum atomic E-state index is -4.42. The van der Waals surface area contributed by atoms with Crippen molar-refractivity contribution in [3.05, 3.63) is 35.4 Å². The first-order valence-electron chi connectivity index (χ1n) is 7.21. The van der Waals surface area contributed by atoms with Crippen LogP contribution in [0.5, 0.6) is 0 Å². The minimum absolute atomic E-state index is 0.110. The van der Waals surface area contributed by atoms with Crippen molar-refractivity contribution in [2.24, 2.45) is 5.41 Å². The highest BCUT2D eigenvalue weighted by atomic mass is 19.4. The topological polar surface area (TPSA) is 58.2 Å². The van der Waals surface area contributed by atoms with E-state index in [1.807, 2.05) is 20.8 Å². The van der Waals surface area contributed by atoms with Crippen LogP contribution < -0.4 is 10.6 Å². The Labute approximate surface area is 133 Å². The molecule has 7 heteroatoms. The third kappa shape index (κ3) is 7.17. The molecule has 0 fully saturated rings. The molecule has 0 aromatic heterocycles. The number of benzene rings is 1. The van der Waals surface area contributed by atoms with Gasteiger partial charge in [0.15, 0.2) is 0 Å². The average Bonchev–Trinajstić information content (AvgIpc) is 2.40. The van der Waals surface area contributed by atoms with E-state index >= 15 is 0 Å². The van der Waals surface area contributed by atoms with Crippen molar-refractivity contribution in [2.75, 3.05) is 13.1 Å². The molecule has 0 atom stereocenters. The van der Waals surface area contributed by atoms with Gasteiger partial charge in [-0.3, -0.25) is 9.59 Å². The summed E-state index contributed by atoms with van der Waals surface area (Å²) in [6.45, 7) is 6.30. The lowest BCUT2D eigenvalue weighted by atomic mass is 9.92. The molecule has 0 heterocycles. The number of rotatable bonds is 5. The van der Waals surface area contributed by atoms with Gasteiger partial charge in [0, 0.05) is 25.1 Å². The van der Waals surface area contributed by atoms with Crippen LogP contribution in [0, 0.1) is 5.41 Å². The number of hydrogen-bond acceptors (Lipinski definition) is 2. The maximum atomic E-state index is 12.4. The highest BCUT2D eigenvalue weighted by Crippen LogP contribution is 2.29. The van der Waals surface area contributed by atoms with Gasteiger partial charge in [0.25, 0.3) is 5.91 Å². The van der Waals surface area contributed by atoms with Crippen LogP contribution >= 0.6 is 0 Å². The molecule has 1 aromatic rings. The Morgan fingerprint density at radius 1 is 0.957 bits per heavy atom. The number of hydrogen-bond donors (Lipinski definition) is 2. The van der Waals surface area contributed by atoms with Crippen molar-refractivity contribution in [3.63, 3.8) is 0 Å². The molecule has 2 N–H and O–H groups in total. The largest absolute Gasteiger partial charge is 0.416 e. The third-order valence-electron chi connectivity index (χ3n) is 2.90. The molecule has 0 unspecified atom stereocenters. The van der Waals surface area contributed by atoms with Gasteiger partial charge in [-0.15, -0.1) is 0 Å². The van der Waals surface area contributed by atoms with Crippen LogP contribution in [0.3, 0.4) is 0 Å². The highest BCUT2D eigenvalue weighted by molar-refractivity contribution is 5.94. The number of amides is 2. The number of nitrogens with one attached hydrogen (secondary N) is 2. The lowest BCUT2D eigenvalue weighted by molar-refractivity contribution is -0.137. The molecule has 0 spiro atoms. The minimum Gasteiger partial charge on any atom is -0.354 e. The van der Waals surface area contributed by atoms with Gasteiger partial charge in [-0.2, -0.15) is 13.2 Å². The summed E-state index contributed by atoms with van der Waals surface area (Å²) in [6, 6.07) is 3.97. The maximum absolute atomic E-state index is 12.4. The smallest absolute Gasteiger partial charge is 0.354 e. The fourth-order valence-corrected chi connectivity index (χ4v) is 1.83. The molecule has 0 aliphatic heterocycles. The number of carbonyl (C=O) groups excluding carboxylic acids is 2. The van der Waals surface area contributed by atoms with E-state index in [4.69, 9.17) is 0 Å². The number of carbonyl (C=O) groups is 2. The van der Waals surface area contributed by atoms with Crippen LogP contribution in [-0.4, -0.2) is 24.9 Å². The van der Waals surface area contributed by atoms with E-state index in [-0.39, 0.29) is 30.0 Å². The summed E-state index contributed by atoms with van der Waals surface area (Å²) in [5.74, 6) is -0.593. The van der Waals surface area contributed by atoms with E-state index < -0.39 is 17.6 Å². The molecule has 0 saturated carbocycles. The summed E-state index contributed by atoms with van der Waals surface area (Å²) >= 11 is 0. The zero-order chi connectivity index (χ0) is 17.7. The van der Waals surface area contributed by atoms with Crippen LogP contribution in [0.2, 0.25) is 0 Å². The van der Waals surface area contributed by atoms with Crippen molar-refractivity contribution in [1.82, 2.24) is 10.6 Å². The summed E-state index contributed by atoms with van der Waals surface area (Å²) < 4.78 is 37.3. The molecule has 4 nitrogen and oxygen atoms in total. The second-order valence-electron chi connectivity index (χ2n) is 6.42. The van der Waals surface area contributed by atoms with Gasteiger partial charge in [0.1, 0.15) is 0 Å². The van der Waals surface area contributed by atoms with Gasteiger partial charge < -0.3 is 10.6 Å². The summed E-state index contributed by atoms with van der Waals surface area (Å²) in [6.07, 6.45) is -4.05. The van der Waals surface area contributed by atoms with E-state index in [1.54, 1.807) is 0 Å². The number of alkyl halides is 3. The van der Waals surface area contributed by atoms with Crippen molar-refractivity contribution >= 4 is 11.8 Å². The van der Waals surface area contributed by atoms with Crippen molar-refractivity contribution < 1.29 is 22.8 Å². The lowest BCUT2D eigenvalue weighted by Crippen LogP contribution is -2.35. The summed E-state index contributed by atoms with van der Waals surface area (Å²) in [4.78, 5) is 23.3. The van der Waals surface area contributed by atoms with E-state index in [1.165, 1.54) is 0 Å². The quantitative estimate of drug-likeness (QED) is 0.816. The standard InChI is InChI=1S/C16H21F3N2O2/c1-15(2,3)10-13(22)20-8-9-21-14(23)11-4-6-12(7-5-11)16(17,18)19/h4-7H,8-10H2,1-3H3,(H,20,22)(H,21,23). The lowest BCUT2D eigenvalue weighted by Gasteiger charge is -2.17. The predicted molar refractivity (Wildman–Crippen MR) is 80.9 cm³/mol. The first-order valence-corrected chi connectivity index (χ1v) is 7.21. The normalized spacial score (nSPS) is 11.9. The maximum Gasteiger partial charge on any atom is 0.416 e. The van der Waals surface area contributed by atoms with Crippen LogP contribution in [-0.2, 0) is 11.0 Å². The monoisotopic (exact) mass is 330 g/mol. The molecule has 2 amide bonds. The first kappa shape index (κ1) is 19.0. The van der Waals surface area contributed by atoms with E-state index in [0.717, 1.165) is 24.3 Å². The number of halogens is 3. The molecule has 0 bridgehead atoms. The Hall–Kier alpha value is -2.05. The van der Waals surface area contributed by atoms with Crippen LogP contribution in [0.4, 0.5) is 13.2 Å². The van der Waals surface area contributed by atoms with Gasteiger partial charge in [-0.25, -0.2) is 0 Å². The molecule has 0 aliphatic carbocycles. The van der Waals surface area contributed by atoms with Crippen LogP contribution in [0.25, 0.3) is 0 Å². The van der Waals surface area contributed by atoms with E-state index in [2.05, 4.69) is 10.6 Å². The fraction of sp³-hybridized carbons (Fsp3) is 0.500. The second-order valence-corrected chi connectivity index (χ2v) is 6.42. The predicted octanol–water partition coefficient (Wildman–Crippen LogP) is 2.99. The Morgan fingerprint density at radius 2 is 1.48 bits per heavy atom. The average molecular weight is 330 g/mol. The summed E-state index contributed by atoms with van der Waals surface area (Å²) in [7, 11) is 0. The molecule has 0 saturated heterocycles.